The molecule has 1 aromatic heterocycles. The molecule has 8 heteroatoms. The molecule has 0 fully saturated rings. The molecule has 2 heterocycles. The number of ether oxygens (including phenoxy) is 1. The van der Waals surface area contributed by atoms with E-state index >= 15 is 0 Å². The highest BCUT2D eigenvalue weighted by molar-refractivity contribution is 7.15. The Kier molecular flexibility index (Phi) is 6.34. The van der Waals surface area contributed by atoms with Crippen molar-refractivity contribution in [3.05, 3.63) is 75.7 Å². The third-order valence-corrected chi connectivity index (χ3v) is 6.67. The summed E-state index contributed by atoms with van der Waals surface area (Å²) in [5.41, 5.74) is 4.39. The van der Waals surface area contributed by atoms with Crippen molar-refractivity contribution in [3.8, 4) is 11.1 Å². The zero-order valence-electron chi connectivity index (χ0n) is 19.3. The van der Waals surface area contributed by atoms with Crippen molar-refractivity contribution in [2.24, 2.45) is 0 Å². The Morgan fingerprint density at radius 3 is 2.24 bits per heavy atom. The number of hydrogen-bond acceptors (Lipinski definition) is 6. The summed E-state index contributed by atoms with van der Waals surface area (Å²) >= 11 is 1.19. The average Bonchev–Trinajstić information content (AvgIpc) is 3.32. The van der Waals surface area contributed by atoms with Gasteiger partial charge in [-0.15, -0.1) is 11.3 Å². The van der Waals surface area contributed by atoms with Crippen LogP contribution >= 0.6 is 11.3 Å². The van der Waals surface area contributed by atoms with Crippen molar-refractivity contribution in [3.63, 3.8) is 0 Å². The van der Waals surface area contributed by atoms with Gasteiger partial charge in [0.2, 0.25) is 5.91 Å². The van der Waals surface area contributed by atoms with Crippen LogP contribution in [-0.2, 0) is 9.53 Å². The zero-order chi connectivity index (χ0) is 24.6. The Morgan fingerprint density at radius 1 is 1.00 bits per heavy atom. The summed E-state index contributed by atoms with van der Waals surface area (Å²) in [4.78, 5) is 52.5. The summed E-state index contributed by atoms with van der Waals surface area (Å²) in [6.45, 7) is 7.32. The number of aryl methyl sites for hydroxylation is 2. The van der Waals surface area contributed by atoms with Crippen molar-refractivity contribution >= 4 is 40.0 Å². The van der Waals surface area contributed by atoms with E-state index in [2.05, 4.69) is 5.32 Å². The molecular formula is C26H24N2O5S. The molecule has 0 bridgehead atoms. The second-order valence-electron chi connectivity index (χ2n) is 8.08. The number of benzene rings is 2. The maximum absolute atomic E-state index is 13.1. The lowest BCUT2D eigenvalue weighted by molar-refractivity contribution is -0.119. The Balaban J connectivity index is 1.65. The fraction of sp³-hybridized carbons (Fsp3) is 0.231. The molecule has 3 aromatic rings. The van der Waals surface area contributed by atoms with Crippen molar-refractivity contribution in [2.75, 3.05) is 11.9 Å². The molecule has 0 saturated carbocycles. The van der Waals surface area contributed by atoms with Gasteiger partial charge in [0.05, 0.1) is 17.7 Å². The second-order valence-corrected chi connectivity index (χ2v) is 8.96. The highest BCUT2D eigenvalue weighted by Crippen LogP contribution is 2.38. The first kappa shape index (κ1) is 23.4. The van der Waals surface area contributed by atoms with Gasteiger partial charge < -0.3 is 10.1 Å². The van der Waals surface area contributed by atoms with Crippen LogP contribution < -0.4 is 5.32 Å². The molecule has 34 heavy (non-hydrogen) atoms. The van der Waals surface area contributed by atoms with Gasteiger partial charge >= 0.3 is 5.97 Å². The molecule has 1 atom stereocenters. The van der Waals surface area contributed by atoms with Crippen molar-refractivity contribution in [1.29, 1.82) is 0 Å². The normalized spacial score (nSPS) is 13.6. The fourth-order valence-corrected chi connectivity index (χ4v) is 5.01. The standard InChI is InChI=1S/C26H24N2O5S/c1-5-33-26(32)21-20(17-11-10-14(2)12-15(17)3)13-34-23(21)27-22(29)16(4)28-24(30)18-8-6-7-9-19(18)25(28)31/h6-13,16H,5H2,1-4H3,(H,27,29). The number of nitrogens with one attached hydrogen (secondary N) is 1. The highest BCUT2D eigenvalue weighted by atomic mass is 32.1. The summed E-state index contributed by atoms with van der Waals surface area (Å²) in [7, 11) is 0. The number of carbonyl (C=O) groups is 4. The number of fused-ring (bicyclic) bond motifs is 1. The molecule has 0 aliphatic carbocycles. The average molecular weight is 477 g/mol. The van der Waals surface area contributed by atoms with Gasteiger partial charge in [-0.2, -0.15) is 0 Å². The number of carbonyl (C=O) groups excluding carboxylic acids is 4. The number of esters is 1. The van der Waals surface area contributed by atoms with Crippen LogP contribution in [0.2, 0.25) is 0 Å². The minimum atomic E-state index is -1.07. The van der Waals surface area contributed by atoms with E-state index in [0.29, 0.717) is 10.6 Å². The van der Waals surface area contributed by atoms with Crippen LogP contribution in [0.1, 0.15) is 56.0 Å². The van der Waals surface area contributed by atoms with E-state index in [1.165, 1.54) is 18.3 Å². The van der Waals surface area contributed by atoms with Crippen LogP contribution in [0, 0.1) is 13.8 Å². The lowest BCUT2D eigenvalue weighted by Gasteiger charge is -2.21. The molecule has 1 aliphatic rings. The minimum Gasteiger partial charge on any atom is -0.462 e. The topological polar surface area (TPSA) is 92.8 Å². The molecule has 7 nitrogen and oxygen atoms in total. The number of nitrogens with zero attached hydrogens (tertiary/aromatic N) is 1. The van der Waals surface area contributed by atoms with Crippen LogP contribution in [0.4, 0.5) is 5.00 Å². The van der Waals surface area contributed by atoms with Gasteiger partial charge in [-0.3, -0.25) is 19.3 Å². The third-order valence-electron chi connectivity index (χ3n) is 5.77. The molecule has 4 rings (SSSR count). The molecule has 2 aromatic carbocycles. The van der Waals surface area contributed by atoms with Crippen LogP contribution in [0.5, 0.6) is 0 Å². The Hall–Kier alpha value is -3.78. The van der Waals surface area contributed by atoms with E-state index in [4.69, 9.17) is 4.74 Å². The smallest absolute Gasteiger partial charge is 0.341 e. The predicted molar refractivity (Wildman–Crippen MR) is 130 cm³/mol. The lowest BCUT2D eigenvalue weighted by atomic mass is 9.97. The highest BCUT2D eigenvalue weighted by Gasteiger charge is 2.41. The Labute approximate surface area is 201 Å². The van der Waals surface area contributed by atoms with Crippen molar-refractivity contribution in [2.45, 2.75) is 33.7 Å². The Morgan fingerprint density at radius 2 is 1.65 bits per heavy atom. The quantitative estimate of drug-likeness (QED) is 0.406. The third kappa shape index (κ3) is 4.01. The first-order valence-corrected chi connectivity index (χ1v) is 11.8. The minimum absolute atomic E-state index is 0.180. The first-order chi connectivity index (χ1) is 16.2. The molecule has 1 aliphatic heterocycles. The van der Waals surface area contributed by atoms with Gasteiger partial charge in [0.1, 0.15) is 16.6 Å². The van der Waals surface area contributed by atoms with E-state index in [1.54, 1.807) is 36.6 Å². The molecule has 3 amide bonds. The summed E-state index contributed by atoms with van der Waals surface area (Å²) in [5.74, 6) is -2.16. The largest absolute Gasteiger partial charge is 0.462 e. The second kappa shape index (κ2) is 9.23. The summed E-state index contributed by atoms with van der Waals surface area (Å²) < 4.78 is 5.27. The first-order valence-electron chi connectivity index (χ1n) is 10.9. The van der Waals surface area contributed by atoms with Gasteiger partial charge in [0.15, 0.2) is 0 Å². The van der Waals surface area contributed by atoms with Crippen LogP contribution in [0.3, 0.4) is 0 Å². The fourth-order valence-electron chi connectivity index (χ4n) is 4.06. The number of thiophene rings is 1. The number of anilines is 1. The molecule has 1 unspecified atom stereocenters. The van der Waals surface area contributed by atoms with E-state index in [9.17, 15) is 19.2 Å². The molecule has 0 spiro atoms. The van der Waals surface area contributed by atoms with E-state index in [-0.39, 0.29) is 23.3 Å². The molecule has 0 radical (unpaired) electrons. The zero-order valence-corrected chi connectivity index (χ0v) is 20.1. The van der Waals surface area contributed by atoms with Gasteiger partial charge in [-0.25, -0.2) is 4.79 Å². The van der Waals surface area contributed by atoms with E-state index in [0.717, 1.165) is 21.6 Å². The van der Waals surface area contributed by atoms with Gasteiger partial charge in [0.25, 0.3) is 11.8 Å². The molecule has 1 N–H and O–H groups in total. The number of rotatable bonds is 6. The molecule has 0 saturated heterocycles. The van der Waals surface area contributed by atoms with Crippen LogP contribution in [-0.4, -0.2) is 41.2 Å². The summed E-state index contributed by atoms with van der Waals surface area (Å²) in [5, 5.41) is 4.85. The van der Waals surface area contributed by atoms with Crippen LogP contribution in [0.25, 0.3) is 11.1 Å². The van der Waals surface area contributed by atoms with Gasteiger partial charge in [-0.1, -0.05) is 35.9 Å². The van der Waals surface area contributed by atoms with E-state index in [1.807, 2.05) is 32.0 Å². The molecule has 174 valence electrons. The number of imide groups is 1. The van der Waals surface area contributed by atoms with E-state index < -0.39 is 29.7 Å². The summed E-state index contributed by atoms with van der Waals surface area (Å²) in [6, 6.07) is 11.3. The maximum atomic E-state index is 13.1. The Bertz CT molecular complexity index is 1290. The van der Waals surface area contributed by atoms with Crippen molar-refractivity contribution < 1.29 is 23.9 Å². The maximum Gasteiger partial charge on any atom is 0.341 e. The van der Waals surface area contributed by atoms with Gasteiger partial charge in [-0.05, 0) is 51.0 Å². The predicted octanol–water partition coefficient (Wildman–Crippen LogP) is 4.83. The SMILES string of the molecule is CCOC(=O)c1c(-c2ccc(C)cc2C)csc1NC(=O)C(C)N1C(=O)c2ccccc2C1=O. The molecular weight excluding hydrogens is 452 g/mol. The van der Waals surface area contributed by atoms with Crippen molar-refractivity contribution in [1.82, 2.24) is 4.90 Å². The number of hydrogen-bond donors (Lipinski definition) is 1. The summed E-state index contributed by atoms with van der Waals surface area (Å²) in [6.07, 6.45) is 0. The lowest BCUT2D eigenvalue weighted by Crippen LogP contribution is -2.45. The number of amides is 3. The van der Waals surface area contributed by atoms with Crippen LogP contribution in [0.15, 0.2) is 47.8 Å². The monoisotopic (exact) mass is 476 g/mol. The van der Waals surface area contributed by atoms with Gasteiger partial charge in [0, 0.05) is 10.9 Å².